The van der Waals surface area contributed by atoms with Crippen LogP contribution in [0.2, 0.25) is 5.02 Å². The largest absolute Gasteiger partial charge is 0.454 e. The maximum absolute atomic E-state index is 14.1. The molecule has 1 aliphatic heterocycles. The number of unbranched alkanes of at least 4 members (excludes halogenated alkanes) is 1. The summed E-state index contributed by atoms with van der Waals surface area (Å²) in [7, 11) is 0. The molecular weight excluding hydrogens is 528 g/mol. The zero-order valence-corrected chi connectivity index (χ0v) is 22.8. The Hall–Kier alpha value is -3.97. The number of rotatable bonds is 8. The van der Waals surface area contributed by atoms with Crippen LogP contribution in [-0.2, 0) is 23.9 Å². The number of hydrogen-bond acceptors (Lipinski definition) is 5. The van der Waals surface area contributed by atoms with Crippen LogP contribution < -0.4 is 5.32 Å². The van der Waals surface area contributed by atoms with Gasteiger partial charge in [0.2, 0.25) is 11.8 Å². The van der Waals surface area contributed by atoms with Crippen LogP contribution in [0.5, 0.6) is 0 Å². The van der Waals surface area contributed by atoms with Gasteiger partial charge in [-0.05, 0) is 40.8 Å². The number of carbonyl (C=O) groups is 4. The summed E-state index contributed by atoms with van der Waals surface area (Å²) in [5.74, 6) is -3.68. The summed E-state index contributed by atoms with van der Waals surface area (Å²) in [6.07, 6.45) is 1.65. The van der Waals surface area contributed by atoms with E-state index >= 15 is 0 Å². The summed E-state index contributed by atoms with van der Waals surface area (Å²) < 4.78 is 5.39. The number of nitrogens with zero attached hydrogens (tertiary/aromatic N) is 1. The highest BCUT2D eigenvalue weighted by Gasteiger charge is 2.63. The molecule has 4 aliphatic rings. The molecule has 1 saturated heterocycles. The first kappa shape index (κ1) is 26.3. The molecule has 0 unspecified atom stereocenters. The van der Waals surface area contributed by atoms with Crippen LogP contribution in [0.3, 0.4) is 0 Å². The maximum atomic E-state index is 14.1. The lowest BCUT2D eigenvalue weighted by Crippen LogP contribution is -2.47. The quantitative estimate of drug-likeness (QED) is 0.301. The fourth-order valence-corrected chi connectivity index (χ4v) is 6.92. The van der Waals surface area contributed by atoms with Crippen molar-refractivity contribution >= 4 is 41.0 Å². The van der Waals surface area contributed by atoms with Crippen molar-refractivity contribution in [2.75, 3.05) is 11.9 Å². The predicted molar refractivity (Wildman–Crippen MR) is 150 cm³/mol. The maximum Gasteiger partial charge on any atom is 0.329 e. The van der Waals surface area contributed by atoms with Crippen LogP contribution >= 0.6 is 11.6 Å². The van der Waals surface area contributed by atoms with Gasteiger partial charge in [-0.1, -0.05) is 92.0 Å². The average molecular weight is 557 g/mol. The Morgan fingerprint density at radius 2 is 1.35 bits per heavy atom. The minimum Gasteiger partial charge on any atom is -0.454 e. The number of esters is 1. The second-order valence-electron chi connectivity index (χ2n) is 10.6. The highest BCUT2D eigenvalue weighted by molar-refractivity contribution is 6.33. The zero-order valence-electron chi connectivity index (χ0n) is 22.0. The number of imide groups is 1. The van der Waals surface area contributed by atoms with Crippen LogP contribution in [0.25, 0.3) is 0 Å². The molecule has 204 valence electrons. The number of para-hydroxylation sites is 1. The lowest BCUT2D eigenvalue weighted by molar-refractivity contribution is -0.160. The SMILES string of the molecule is CCCC[C@H](C(=O)OCC(=O)Nc1ccccc1Cl)N1C(=O)[C@@H]2C3c4ccccc4C(c4ccccc43)[C@@H]2C1=O. The average Bonchev–Trinajstić information content (AvgIpc) is 3.23. The van der Waals surface area contributed by atoms with Crippen LogP contribution in [0.4, 0.5) is 5.69 Å². The number of amides is 3. The summed E-state index contributed by atoms with van der Waals surface area (Å²) in [6.45, 7) is 1.41. The highest BCUT2D eigenvalue weighted by atomic mass is 35.5. The molecule has 40 heavy (non-hydrogen) atoms. The molecule has 0 radical (unpaired) electrons. The molecule has 3 atom stereocenters. The molecule has 3 amide bonds. The Balaban J connectivity index is 1.27. The smallest absolute Gasteiger partial charge is 0.329 e. The number of ether oxygens (including phenoxy) is 1. The standard InChI is InChI=1S/C32H29ClN2O5/c1-2-3-16-24(32(39)40-17-25(36)34-23-15-9-8-14-22(23)33)35-30(37)28-26-18-10-4-5-11-19(18)27(29(28)31(35)38)21-13-7-6-12-20(21)26/h4-15,24,26-29H,2-3,16-17H2,1H3,(H,34,36)/t24-,26?,27?,28-,29+/m1/s1. The Morgan fingerprint density at radius 3 is 1.85 bits per heavy atom. The van der Waals surface area contributed by atoms with Gasteiger partial charge in [0.15, 0.2) is 6.61 Å². The first-order valence-electron chi connectivity index (χ1n) is 13.7. The molecule has 3 aromatic rings. The molecule has 7 nitrogen and oxygen atoms in total. The van der Waals surface area contributed by atoms with E-state index in [-0.39, 0.29) is 30.1 Å². The number of benzene rings is 3. The van der Waals surface area contributed by atoms with Crippen LogP contribution in [0, 0.1) is 11.8 Å². The third-order valence-corrected chi connectivity index (χ3v) is 8.72. The Bertz CT molecular complexity index is 1400. The Kier molecular flexibility index (Phi) is 6.92. The third-order valence-electron chi connectivity index (χ3n) is 8.39. The number of carbonyl (C=O) groups excluding carboxylic acids is 4. The molecular formula is C32H29ClN2O5. The number of nitrogens with one attached hydrogen (secondary N) is 1. The molecule has 8 heteroatoms. The van der Waals surface area contributed by atoms with Crippen molar-refractivity contribution in [1.82, 2.24) is 4.90 Å². The summed E-state index contributed by atoms with van der Waals surface area (Å²) in [4.78, 5) is 55.2. The van der Waals surface area contributed by atoms with Crippen molar-refractivity contribution in [1.29, 1.82) is 0 Å². The number of anilines is 1. The first-order chi connectivity index (χ1) is 19.4. The molecule has 0 saturated carbocycles. The fraction of sp³-hybridized carbons (Fsp3) is 0.312. The van der Waals surface area contributed by atoms with Crippen molar-refractivity contribution in [3.63, 3.8) is 0 Å². The van der Waals surface area contributed by atoms with Gasteiger partial charge in [-0.2, -0.15) is 0 Å². The van der Waals surface area contributed by atoms with Gasteiger partial charge in [0, 0.05) is 11.8 Å². The first-order valence-corrected chi connectivity index (χ1v) is 14.1. The van der Waals surface area contributed by atoms with E-state index in [1.54, 1.807) is 24.3 Å². The monoisotopic (exact) mass is 556 g/mol. The molecule has 3 aliphatic carbocycles. The summed E-state index contributed by atoms with van der Waals surface area (Å²) in [5, 5.41) is 2.98. The van der Waals surface area contributed by atoms with Crippen molar-refractivity contribution in [2.24, 2.45) is 11.8 Å². The van der Waals surface area contributed by atoms with Gasteiger partial charge < -0.3 is 10.1 Å². The van der Waals surface area contributed by atoms with E-state index in [9.17, 15) is 19.2 Å². The lowest BCUT2D eigenvalue weighted by Gasteiger charge is -2.45. The molecule has 1 heterocycles. The van der Waals surface area contributed by atoms with E-state index in [4.69, 9.17) is 16.3 Å². The minimum atomic E-state index is -1.09. The molecule has 0 spiro atoms. The van der Waals surface area contributed by atoms with Crippen LogP contribution in [-0.4, -0.2) is 41.2 Å². The lowest BCUT2D eigenvalue weighted by atomic mass is 9.55. The number of likely N-dealkylation sites (tertiary alicyclic amines) is 1. The van der Waals surface area contributed by atoms with Crippen molar-refractivity contribution in [3.05, 3.63) is 100 Å². The van der Waals surface area contributed by atoms with E-state index in [0.29, 0.717) is 17.1 Å². The van der Waals surface area contributed by atoms with E-state index in [1.165, 1.54) is 0 Å². The molecule has 3 aromatic carbocycles. The zero-order chi connectivity index (χ0) is 28.0. The molecule has 1 N–H and O–H groups in total. The summed E-state index contributed by atoms with van der Waals surface area (Å²) in [5.41, 5.74) is 4.67. The topological polar surface area (TPSA) is 92.8 Å². The van der Waals surface area contributed by atoms with Gasteiger partial charge in [-0.15, -0.1) is 0 Å². The van der Waals surface area contributed by atoms with E-state index < -0.39 is 36.4 Å². The number of halogens is 1. The number of hydrogen-bond donors (Lipinski definition) is 1. The highest BCUT2D eigenvalue weighted by Crippen LogP contribution is 2.61. The third kappa shape index (κ3) is 4.20. The second-order valence-corrected chi connectivity index (χ2v) is 11.0. The molecule has 1 fully saturated rings. The van der Waals surface area contributed by atoms with Crippen molar-refractivity contribution in [3.8, 4) is 0 Å². The second kappa shape index (κ2) is 10.5. The molecule has 2 bridgehead atoms. The Labute approximate surface area is 237 Å². The fourth-order valence-electron chi connectivity index (χ4n) is 6.74. The van der Waals surface area contributed by atoms with Crippen molar-refractivity contribution < 1.29 is 23.9 Å². The van der Waals surface area contributed by atoms with Gasteiger partial charge in [0.25, 0.3) is 5.91 Å². The Morgan fingerprint density at radius 1 is 0.850 bits per heavy atom. The molecule has 0 aromatic heterocycles. The van der Waals surface area contributed by atoms with Crippen molar-refractivity contribution in [2.45, 2.75) is 44.1 Å². The van der Waals surface area contributed by atoms with Gasteiger partial charge >= 0.3 is 5.97 Å². The normalized spacial score (nSPS) is 22.8. The van der Waals surface area contributed by atoms with Crippen LogP contribution in [0.1, 0.15) is 60.3 Å². The predicted octanol–water partition coefficient (Wildman–Crippen LogP) is 5.27. The summed E-state index contributed by atoms with van der Waals surface area (Å²) in [6, 6.07) is 21.7. The van der Waals surface area contributed by atoms with E-state index in [1.807, 2.05) is 55.5 Å². The van der Waals surface area contributed by atoms with Gasteiger partial charge in [0.05, 0.1) is 22.5 Å². The van der Waals surface area contributed by atoms with E-state index in [0.717, 1.165) is 33.6 Å². The van der Waals surface area contributed by atoms with Gasteiger partial charge in [0.1, 0.15) is 6.04 Å². The molecule has 7 rings (SSSR count). The van der Waals surface area contributed by atoms with E-state index in [2.05, 4.69) is 5.32 Å². The van der Waals surface area contributed by atoms with Gasteiger partial charge in [-0.25, -0.2) is 4.79 Å². The minimum absolute atomic E-state index is 0.256. The van der Waals surface area contributed by atoms with Crippen LogP contribution in [0.15, 0.2) is 72.8 Å². The summed E-state index contributed by atoms with van der Waals surface area (Å²) >= 11 is 6.11. The van der Waals surface area contributed by atoms with Gasteiger partial charge in [-0.3, -0.25) is 19.3 Å².